The van der Waals surface area contributed by atoms with Crippen LogP contribution in [0.3, 0.4) is 0 Å². The molecule has 2 aromatic carbocycles. The van der Waals surface area contributed by atoms with Gasteiger partial charge in [-0.15, -0.1) is 0 Å². The highest BCUT2D eigenvalue weighted by Crippen LogP contribution is 2.33. The van der Waals surface area contributed by atoms with E-state index in [0.717, 1.165) is 17.2 Å². The number of ketones is 1. The number of ether oxygens (including phenoxy) is 1. The zero-order valence-electron chi connectivity index (χ0n) is 16.6. The number of carbonyl (C=O) groups excluding carboxylic acids is 1. The largest absolute Gasteiger partial charge is 0.491 e. The molecule has 0 bridgehead atoms. The topological polar surface area (TPSA) is 78.8 Å². The summed E-state index contributed by atoms with van der Waals surface area (Å²) >= 11 is 0. The molecule has 2 aromatic rings. The van der Waals surface area contributed by atoms with Crippen LogP contribution in [-0.4, -0.2) is 35.3 Å². The highest BCUT2D eigenvalue weighted by molar-refractivity contribution is 6.13. The van der Waals surface area contributed by atoms with Gasteiger partial charge in [0.05, 0.1) is 12.3 Å². The summed E-state index contributed by atoms with van der Waals surface area (Å²) in [5, 5.41) is 21.3. The van der Waals surface area contributed by atoms with Crippen molar-refractivity contribution in [2.75, 3.05) is 18.5 Å². The summed E-state index contributed by atoms with van der Waals surface area (Å²) < 4.78 is 32.6. The molecule has 160 valence electrons. The van der Waals surface area contributed by atoms with E-state index in [1.54, 1.807) is 30.4 Å². The number of allylic oxidation sites excluding steroid dienone is 5. The fourth-order valence-electron chi connectivity index (χ4n) is 3.58. The monoisotopic (exact) mass is 425 g/mol. The van der Waals surface area contributed by atoms with E-state index in [0.29, 0.717) is 35.4 Å². The Hall–Kier alpha value is -3.29. The van der Waals surface area contributed by atoms with Crippen LogP contribution in [0, 0.1) is 11.6 Å². The van der Waals surface area contributed by atoms with E-state index in [1.165, 1.54) is 12.1 Å². The molecule has 4 rings (SSSR count). The molecule has 0 aliphatic heterocycles. The van der Waals surface area contributed by atoms with E-state index in [1.807, 2.05) is 6.08 Å². The van der Waals surface area contributed by atoms with Gasteiger partial charge in [-0.2, -0.15) is 0 Å². The lowest BCUT2D eigenvalue weighted by atomic mass is 9.91. The summed E-state index contributed by atoms with van der Waals surface area (Å²) in [4.78, 5) is 13.1. The van der Waals surface area contributed by atoms with Crippen molar-refractivity contribution in [2.24, 2.45) is 0 Å². The molecule has 2 aliphatic carbocycles. The molecule has 1 atom stereocenters. The molecule has 0 radical (unpaired) electrons. The number of anilines is 1. The summed E-state index contributed by atoms with van der Waals surface area (Å²) in [7, 11) is 0. The minimum atomic E-state index is -0.974. The van der Waals surface area contributed by atoms with Gasteiger partial charge in [0.25, 0.3) is 0 Å². The Morgan fingerprint density at radius 1 is 1.13 bits per heavy atom. The molecule has 0 heterocycles. The first-order valence-corrected chi connectivity index (χ1v) is 9.86. The molecule has 0 saturated heterocycles. The third kappa shape index (κ3) is 4.57. The number of fused-ring (bicyclic) bond motifs is 2. The highest BCUT2D eigenvalue weighted by Gasteiger charge is 2.25. The normalized spacial score (nSPS) is 16.3. The van der Waals surface area contributed by atoms with E-state index < -0.39 is 24.3 Å². The van der Waals surface area contributed by atoms with Gasteiger partial charge < -0.3 is 20.3 Å². The summed E-state index contributed by atoms with van der Waals surface area (Å²) in [5.74, 6) is -0.938. The molecular formula is C24H21F2NO4. The third-order valence-electron chi connectivity index (χ3n) is 5.19. The molecule has 0 fully saturated rings. The SMILES string of the molecule is O=C1C2=CC=C(Nc3ccc(F)cc3F)CC2=CCc2cc(OC[C@H](O)CO)ccc21. The summed E-state index contributed by atoms with van der Waals surface area (Å²) in [6.45, 7) is -0.441. The van der Waals surface area contributed by atoms with Gasteiger partial charge in [-0.1, -0.05) is 6.08 Å². The van der Waals surface area contributed by atoms with Crippen LogP contribution in [0.4, 0.5) is 14.5 Å². The zero-order chi connectivity index (χ0) is 22.0. The minimum absolute atomic E-state index is 0.0473. The number of carbonyl (C=O) groups is 1. The fourth-order valence-corrected chi connectivity index (χ4v) is 3.58. The molecule has 0 amide bonds. The number of nitrogens with one attached hydrogen (secondary N) is 1. The van der Waals surface area contributed by atoms with Gasteiger partial charge in [-0.05, 0) is 60.0 Å². The van der Waals surface area contributed by atoms with Crippen LogP contribution in [-0.2, 0) is 6.42 Å². The van der Waals surface area contributed by atoms with Gasteiger partial charge >= 0.3 is 0 Å². The highest BCUT2D eigenvalue weighted by atomic mass is 19.1. The molecule has 2 aliphatic rings. The molecule has 31 heavy (non-hydrogen) atoms. The van der Waals surface area contributed by atoms with Crippen molar-refractivity contribution in [3.05, 3.63) is 94.2 Å². The van der Waals surface area contributed by atoms with Crippen LogP contribution >= 0.6 is 0 Å². The summed E-state index contributed by atoms with van der Waals surface area (Å²) in [6, 6.07) is 8.45. The zero-order valence-corrected chi connectivity index (χ0v) is 16.6. The molecule has 0 unspecified atom stereocenters. The molecule has 0 saturated carbocycles. The van der Waals surface area contributed by atoms with Gasteiger partial charge in [-0.3, -0.25) is 4.79 Å². The van der Waals surface area contributed by atoms with Gasteiger partial charge in [0, 0.05) is 29.3 Å². The van der Waals surface area contributed by atoms with Crippen molar-refractivity contribution in [3.8, 4) is 5.75 Å². The molecule has 5 nitrogen and oxygen atoms in total. The van der Waals surface area contributed by atoms with Crippen LogP contribution in [0.15, 0.2) is 71.5 Å². The Bertz CT molecular complexity index is 1120. The van der Waals surface area contributed by atoms with Gasteiger partial charge in [0.2, 0.25) is 0 Å². The van der Waals surface area contributed by atoms with Crippen molar-refractivity contribution >= 4 is 11.5 Å². The number of Topliss-reactive ketones (excluding diaryl/α,β-unsaturated/α-hetero) is 1. The maximum Gasteiger partial charge on any atom is 0.193 e. The lowest BCUT2D eigenvalue weighted by Gasteiger charge is -2.19. The van der Waals surface area contributed by atoms with Crippen molar-refractivity contribution in [2.45, 2.75) is 18.9 Å². The van der Waals surface area contributed by atoms with Crippen LogP contribution in [0.5, 0.6) is 5.75 Å². The number of hydrogen-bond donors (Lipinski definition) is 3. The minimum Gasteiger partial charge on any atom is -0.491 e. The number of aliphatic hydroxyl groups is 2. The van der Waals surface area contributed by atoms with Gasteiger partial charge in [0.15, 0.2) is 5.78 Å². The van der Waals surface area contributed by atoms with Gasteiger partial charge in [0.1, 0.15) is 30.1 Å². The second-order valence-electron chi connectivity index (χ2n) is 7.43. The van der Waals surface area contributed by atoms with Crippen molar-refractivity contribution in [1.29, 1.82) is 0 Å². The van der Waals surface area contributed by atoms with Crippen LogP contribution in [0.1, 0.15) is 22.3 Å². The second-order valence-corrected chi connectivity index (χ2v) is 7.43. The van der Waals surface area contributed by atoms with Gasteiger partial charge in [-0.25, -0.2) is 8.78 Å². The first-order valence-electron chi connectivity index (χ1n) is 9.86. The fraction of sp³-hybridized carbons (Fsp3) is 0.208. The first-order chi connectivity index (χ1) is 14.9. The van der Waals surface area contributed by atoms with Crippen molar-refractivity contribution in [3.63, 3.8) is 0 Å². The summed E-state index contributed by atoms with van der Waals surface area (Å²) in [6.07, 6.45) is 5.33. The smallest absolute Gasteiger partial charge is 0.193 e. The van der Waals surface area contributed by atoms with Crippen molar-refractivity contribution in [1.82, 2.24) is 0 Å². The number of benzene rings is 2. The van der Waals surface area contributed by atoms with Crippen LogP contribution in [0.25, 0.3) is 0 Å². The Labute approximate surface area is 178 Å². The second kappa shape index (κ2) is 8.83. The van der Waals surface area contributed by atoms with E-state index >= 15 is 0 Å². The number of aliphatic hydroxyl groups excluding tert-OH is 2. The molecular weight excluding hydrogens is 404 g/mol. The number of halogens is 2. The molecule has 7 heteroatoms. The Kier molecular flexibility index (Phi) is 5.97. The van der Waals surface area contributed by atoms with E-state index in [9.17, 15) is 18.7 Å². The average molecular weight is 425 g/mol. The summed E-state index contributed by atoms with van der Waals surface area (Å²) in [5.41, 5.74) is 3.63. The molecule has 0 spiro atoms. The van der Waals surface area contributed by atoms with E-state index in [-0.39, 0.29) is 18.1 Å². The van der Waals surface area contributed by atoms with Crippen molar-refractivity contribution < 1.29 is 28.5 Å². The number of rotatable bonds is 6. The lowest BCUT2D eigenvalue weighted by Crippen LogP contribution is -2.21. The maximum atomic E-state index is 14.0. The predicted molar refractivity (Wildman–Crippen MR) is 112 cm³/mol. The quantitative estimate of drug-likeness (QED) is 0.658. The third-order valence-corrected chi connectivity index (χ3v) is 5.19. The van der Waals surface area contributed by atoms with E-state index in [2.05, 4.69) is 5.32 Å². The average Bonchev–Trinajstić information content (AvgIpc) is 2.90. The Morgan fingerprint density at radius 2 is 1.97 bits per heavy atom. The molecule has 3 N–H and O–H groups in total. The Balaban J connectivity index is 1.54. The predicted octanol–water partition coefficient (Wildman–Crippen LogP) is 3.69. The van der Waals surface area contributed by atoms with Crippen LogP contribution < -0.4 is 10.1 Å². The maximum absolute atomic E-state index is 14.0. The van der Waals surface area contributed by atoms with Crippen LogP contribution in [0.2, 0.25) is 0 Å². The standard InChI is InChI=1S/C24H21F2NO4/c25-16-3-8-23(22(26)11-16)27-17-4-6-20-14(9-17)1-2-15-10-19(31-13-18(29)12-28)5-7-21(15)24(20)30/h1,3-8,10-11,18,27-29H,2,9,12-13H2/t18-/m1/s1. The Morgan fingerprint density at radius 3 is 2.74 bits per heavy atom. The van der Waals surface area contributed by atoms with E-state index in [4.69, 9.17) is 9.84 Å². The number of hydrogen-bond acceptors (Lipinski definition) is 5. The molecule has 0 aromatic heterocycles. The lowest BCUT2D eigenvalue weighted by molar-refractivity contribution is 0.0536. The first kappa shape index (κ1) is 21.0.